The standard InChI is InChI=1S/C19H18ClN3O2/c20-16-6-4-5-15(13-16)18(14-21)22-9-11-23(12-10-22)19(24)25-17-7-2-1-3-8-17/h1-8,13,18H,9-12H2. The van der Waals surface area contributed by atoms with Gasteiger partial charge in [-0.25, -0.2) is 4.79 Å². The second-order valence-electron chi connectivity index (χ2n) is 5.79. The van der Waals surface area contributed by atoms with E-state index in [2.05, 4.69) is 11.0 Å². The lowest BCUT2D eigenvalue weighted by Gasteiger charge is -2.36. The van der Waals surface area contributed by atoms with Gasteiger partial charge in [-0.2, -0.15) is 5.26 Å². The number of nitrogens with zero attached hydrogens (tertiary/aromatic N) is 3. The summed E-state index contributed by atoms with van der Waals surface area (Å²) in [6, 6.07) is 18.3. The van der Waals surface area contributed by atoms with Crippen LogP contribution in [0.2, 0.25) is 5.02 Å². The Balaban J connectivity index is 1.59. The van der Waals surface area contributed by atoms with Crippen molar-refractivity contribution in [2.45, 2.75) is 6.04 Å². The molecule has 1 aliphatic heterocycles. The van der Waals surface area contributed by atoms with Crippen molar-refractivity contribution in [1.82, 2.24) is 9.80 Å². The van der Waals surface area contributed by atoms with E-state index in [1.54, 1.807) is 23.1 Å². The zero-order valence-electron chi connectivity index (χ0n) is 13.6. The van der Waals surface area contributed by atoms with Crippen LogP contribution in [0.5, 0.6) is 5.75 Å². The number of hydrogen-bond acceptors (Lipinski definition) is 4. The minimum atomic E-state index is -0.369. The van der Waals surface area contributed by atoms with Gasteiger partial charge in [0.1, 0.15) is 11.8 Å². The number of carbonyl (C=O) groups excluding carboxylic acids is 1. The predicted molar refractivity (Wildman–Crippen MR) is 95.4 cm³/mol. The fourth-order valence-corrected chi connectivity index (χ4v) is 3.06. The van der Waals surface area contributed by atoms with Crippen LogP contribution < -0.4 is 4.74 Å². The Morgan fingerprint density at radius 1 is 1.08 bits per heavy atom. The Morgan fingerprint density at radius 3 is 2.44 bits per heavy atom. The average molecular weight is 356 g/mol. The number of carbonyl (C=O) groups is 1. The Bertz CT molecular complexity index is 768. The number of rotatable bonds is 3. The molecule has 25 heavy (non-hydrogen) atoms. The summed E-state index contributed by atoms with van der Waals surface area (Å²) in [4.78, 5) is 15.9. The summed E-state index contributed by atoms with van der Waals surface area (Å²) in [5.41, 5.74) is 0.871. The van der Waals surface area contributed by atoms with E-state index in [0.717, 1.165) is 5.56 Å². The molecule has 1 saturated heterocycles. The first-order valence-electron chi connectivity index (χ1n) is 8.08. The van der Waals surface area contributed by atoms with Crippen molar-refractivity contribution in [1.29, 1.82) is 5.26 Å². The van der Waals surface area contributed by atoms with E-state index >= 15 is 0 Å². The normalized spacial score (nSPS) is 16.1. The van der Waals surface area contributed by atoms with E-state index in [1.807, 2.05) is 36.4 Å². The lowest BCUT2D eigenvalue weighted by atomic mass is 10.1. The van der Waals surface area contributed by atoms with Crippen LogP contribution in [-0.2, 0) is 0 Å². The van der Waals surface area contributed by atoms with Crippen LogP contribution in [0.3, 0.4) is 0 Å². The van der Waals surface area contributed by atoms with Gasteiger partial charge in [-0.1, -0.05) is 41.9 Å². The Morgan fingerprint density at radius 2 is 1.80 bits per heavy atom. The van der Waals surface area contributed by atoms with E-state index in [1.165, 1.54) is 0 Å². The van der Waals surface area contributed by atoms with Crippen molar-refractivity contribution < 1.29 is 9.53 Å². The molecule has 1 fully saturated rings. The first-order chi connectivity index (χ1) is 12.2. The van der Waals surface area contributed by atoms with Crippen molar-refractivity contribution >= 4 is 17.7 Å². The molecular weight excluding hydrogens is 338 g/mol. The molecule has 0 bridgehead atoms. The Kier molecular flexibility index (Phi) is 5.54. The van der Waals surface area contributed by atoms with E-state index < -0.39 is 0 Å². The molecule has 1 atom stereocenters. The Hall–Kier alpha value is -2.55. The van der Waals surface area contributed by atoms with Crippen LogP contribution in [-0.4, -0.2) is 42.1 Å². The maximum absolute atomic E-state index is 12.2. The number of hydrogen-bond donors (Lipinski definition) is 0. The van der Waals surface area contributed by atoms with Gasteiger partial charge in [-0.15, -0.1) is 0 Å². The molecule has 0 N–H and O–H groups in total. The summed E-state index contributed by atoms with van der Waals surface area (Å²) in [7, 11) is 0. The van der Waals surface area contributed by atoms with Crippen LogP contribution in [0.25, 0.3) is 0 Å². The van der Waals surface area contributed by atoms with Gasteiger partial charge in [0.25, 0.3) is 0 Å². The first kappa shape index (κ1) is 17.3. The van der Waals surface area contributed by atoms with Gasteiger partial charge in [-0.05, 0) is 29.8 Å². The summed E-state index contributed by atoms with van der Waals surface area (Å²) in [5, 5.41) is 10.2. The highest BCUT2D eigenvalue weighted by atomic mass is 35.5. The average Bonchev–Trinajstić information content (AvgIpc) is 2.64. The number of ether oxygens (including phenoxy) is 1. The number of nitriles is 1. The van der Waals surface area contributed by atoms with Crippen molar-refractivity contribution in [3.8, 4) is 11.8 Å². The minimum Gasteiger partial charge on any atom is -0.410 e. The van der Waals surface area contributed by atoms with Gasteiger partial charge in [0.05, 0.1) is 6.07 Å². The SMILES string of the molecule is N#CC(c1cccc(Cl)c1)N1CCN(C(=O)Oc2ccccc2)CC1. The summed E-state index contributed by atoms with van der Waals surface area (Å²) in [6.07, 6.45) is -0.359. The second-order valence-corrected chi connectivity index (χ2v) is 6.23. The van der Waals surface area contributed by atoms with Gasteiger partial charge >= 0.3 is 6.09 Å². The third-order valence-corrected chi connectivity index (χ3v) is 4.41. The van der Waals surface area contributed by atoms with Crippen LogP contribution in [0, 0.1) is 11.3 Å². The summed E-state index contributed by atoms with van der Waals surface area (Å²) in [5.74, 6) is 0.531. The van der Waals surface area contributed by atoms with Crippen molar-refractivity contribution in [3.63, 3.8) is 0 Å². The molecule has 0 spiro atoms. The topological polar surface area (TPSA) is 56.6 Å². The zero-order chi connectivity index (χ0) is 17.6. The van der Waals surface area contributed by atoms with E-state index in [-0.39, 0.29) is 12.1 Å². The minimum absolute atomic E-state index is 0.359. The van der Waals surface area contributed by atoms with Gasteiger partial charge < -0.3 is 9.64 Å². The highest BCUT2D eigenvalue weighted by Crippen LogP contribution is 2.24. The molecule has 1 amide bonds. The zero-order valence-corrected chi connectivity index (χ0v) is 14.4. The van der Waals surface area contributed by atoms with Crippen LogP contribution in [0.1, 0.15) is 11.6 Å². The third kappa shape index (κ3) is 4.30. The fraction of sp³-hybridized carbons (Fsp3) is 0.263. The molecule has 5 nitrogen and oxygen atoms in total. The quantitative estimate of drug-likeness (QED) is 0.842. The van der Waals surface area contributed by atoms with Gasteiger partial charge in [0, 0.05) is 31.2 Å². The molecule has 6 heteroatoms. The van der Waals surface area contributed by atoms with Crippen LogP contribution in [0.15, 0.2) is 54.6 Å². The first-order valence-corrected chi connectivity index (χ1v) is 8.46. The molecule has 3 rings (SSSR count). The molecule has 2 aromatic rings. The third-order valence-electron chi connectivity index (χ3n) is 4.17. The molecular formula is C19H18ClN3O2. The maximum atomic E-state index is 12.2. The molecule has 0 saturated carbocycles. The van der Waals surface area contributed by atoms with E-state index in [9.17, 15) is 10.1 Å². The number of benzene rings is 2. The number of halogens is 1. The largest absolute Gasteiger partial charge is 0.415 e. The second kappa shape index (κ2) is 8.02. The van der Waals surface area contributed by atoms with E-state index in [0.29, 0.717) is 37.0 Å². The summed E-state index contributed by atoms with van der Waals surface area (Å²) in [6.45, 7) is 2.25. The van der Waals surface area contributed by atoms with Gasteiger partial charge in [-0.3, -0.25) is 4.90 Å². The van der Waals surface area contributed by atoms with Crippen LogP contribution in [0.4, 0.5) is 4.79 Å². The summed E-state index contributed by atoms with van der Waals surface area (Å²) < 4.78 is 5.36. The van der Waals surface area contributed by atoms with E-state index in [4.69, 9.17) is 16.3 Å². The number of para-hydroxylation sites is 1. The highest BCUT2D eigenvalue weighted by molar-refractivity contribution is 6.30. The molecule has 2 aromatic carbocycles. The van der Waals surface area contributed by atoms with Gasteiger partial charge in [0.2, 0.25) is 0 Å². The van der Waals surface area contributed by atoms with Crippen molar-refractivity contribution in [2.75, 3.05) is 26.2 Å². The molecule has 0 aliphatic carbocycles. The smallest absolute Gasteiger partial charge is 0.410 e. The predicted octanol–water partition coefficient (Wildman–Crippen LogP) is 3.72. The highest BCUT2D eigenvalue weighted by Gasteiger charge is 2.28. The van der Waals surface area contributed by atoms with Crippen molar-refractivity contribution in [2.24, 2.45) is 0 Å². The van der Waals surface area contributed by atoms with Crippen LogP contribution >= 0.6 is 11.6 Å². The number of piperazine rings is 1. The molecule has 128 valence electrons. The lowest BCUT2D eigenvalue weighted by molar-refractivity contribution is 0.100. The monoisotopic (exact) mass is 355 g/mol. The fourth-order valence-electron chi connectivity index (χ4n) is 2.86. The molecule has 1 heterocycles. The maximum Gasteiger partial charge on any atom is 0.415 e. The molecule has 1 unspecified atom stereocenters. The molecule has 0 aromatic heterocycles. The molecule has 1 aliphatic rings. The summed E-state index contributed by atoms with van der Waals surface area (Å²) >= 11 is 6.03. The van der Waals surface area contributed by atoms with Crippen molar-refractivity contribution in [3.05, 3.63) is 65.2 Å². The molecule has 0 radical (unpaired) electrons. The lowest BCUT2D eigenvalue weighted by Crippen LogP contribution is -2.50. The number of amides is 1. The Labute approximate surface area is 152 Å². The van der Waals surface area contributed by atoms with Gasteiger partial charge in [0.15, 0.2) is 0 Å².